The summed E-state index contributed by atoms with van der Waals surface area (Å²) < 4.78 is 6.01. The van der Waals surface area contributed by atoms with Gasteiger partial charge in [0.1, 0.15) is 10.9 Å². The molecule has 6 heteroatoms. The highest BCUT2D eigenvalue weighted by molar-refractivity contribution is 9.10. The van der Waals surface area contributed by atoms with E-state index in [1.54, 1.807) is 6.20 Å². The first-order valence-electron chi connectivity index (χ1n) is 3.84. The second kappa shape index (κ2) is 4.37. The van der Waals surface area contributed by atoms with E-state index < -0.39 is 0 Å². The van der Waals surface area contributed by atoms with Crippen LogP contribution in [0.25, 0.3) is 0 Å². The summed E-state index contributed by atoms with van der Waals surface area (Å²) in [4.78, 5) is 8.48. The van der Waals surface area contributed by atoms with Gasteiger partial charge in [0, 0.05) is 10.7 Å². The molecule has 0 spiro atoms. The maximum atomic E-state index is 4.25. The molecule has 0 bridgehead atoms. The third-order valence-electron chi connectivity index (χ3n) is 1.40. The van der Waals surface area contributed by atoms with Crippen molar-refractivity contribution in [3.05, 3.63) is 28.6 Å². The van der Waals surface area contributed by atoms with E-state index in [1.165, 1.54) is 23.3 Å². The highest BCUT2D eigenvalue weighted by Gasteiger charge is 2.03. The van der Waals surface area contributed by atoms with Crippen molar-refractivity contribution in [2.45, 2.75) is 16.3 Å². The Morgan fingerprint density at radius 1 is 1.43 bits per heavy atom. The maximum Gasteiger partial charge on any atom is 0.176 e. The second-order valence-electron chi connectivity index (χ2n) is 2.52. The molecule has 0 N–H and O–H groups in total. The Labute approximate surface area is 98.3 Å². The van der Waals surface area contributed by atoms with Crippen LogP contribution in [-0.4, -0.2) is 14.3 Å². The van der Waals surface area contributed by atoms with E-state index in [0.29, 0.717) is 0 Å². The quantitative estimate of drug-likeness (QED) is 0.851. The fourth-order valence-corrected chi connectivity index (χ4v) is 2.61. The molecule has 3 nitrogen and oxygen atoms in total. The molecule has 14 heavy (non-hydrogen) atoms. The Morgan fingerprint density at radius 3 is 2.86 bits per heavy atom. The van der Waals surface area contributed by atoms with Gasteiger partial charge >= 0.3 is 0 Å². The first-order chi connectivity index (χ1) is 6.74. The summed E-state index contributed by atoms with van der Waals surface area (Å²) in [6.07, 6.45) is 1.77. The van der Waals surface area contributed by atoms with Crippen molar-refractivity contribution in [2.75, 3.05) is 0 Å². The number of aryl methyl sites for hydroxylation is 1. The zero-order chi connectivity index (χ0) is 9.97. The molecule has 0 unspecified atom stereocenters. The third-order valence-corrected chi connectivity index (χ3v) is 3.66. The van der Waals surface area contributed by atoms with Gasteiger partial charge in [-0.3, -0.25) is 0 Å². The van der Waals surface area contributed by atoms with E-state index >= 15 is 0 Å². The van der Waals surface area contributed by atoms with Gasteiger partial charge in [-0.2, -0.15) is 4.37 Å². The van der Waals surface area contributed by atoms with E-state index in [4.69, 9.17) is 0 Å². The lowest BCUT2D eigenvalue weighted by Gasteiger charge is -1.95. The molecule has 2 aromatic heterocycles. The molecular weight excluding hydrogens is 282 g/mol. The van der Waals surface area contributed by atoms with Crippen LogP contribution in [0.5, 0.6) is 0 Å². The summed E-state index contributed by atoms with van der Waals surface area (Å²) in [5.74, 6) is 0.814. The average molecular weight is 288 g/mol. The standard InChI is InChI=1S/C8H6BrN3S2/c1-5-11-8(14-12-5)13-7-3-2-6(9)4-10-7/h2-4H,1H3. The first-order valence-corrected chi connectivity index (χ1v) is 6.22. The van der Waals surface area contributed by atoms with E-state index in [2.05, 4.69) is 30.3 Å². The zero-order valence-corrected chi connectivity index (χ0v) is 10.5. The van der Waals surface area contributed by atoms with Crippen LogP contribution < -0.4 is 0 Å². The van der Waals surface area contributed by atoms with Crippen LogP contribution in [0.1, 0.15) is 5.82 Å². The Kier molecular flexibility index (Phi) is 3.15. The summed E-state index contributed by atoms with van der Waals surface area (Å²) >= 11 is 6.27. The molecule has 0 aliphatic heterocycles. The molecule has 72 valence electrons. The van der Waals surface area contributed by atoms with Crippen LogP contribution in [0.4, 0.5) is 0 Å². The van der Waals surface area contributed by atoms with Crippen LogP contribution in [0, 0.1) is 6.92 Å². The van der Waals surface area contributed by atoms with Crippen LogP contribution in [0.3, 0.4) is 0 Å². The van der Waals surface area contributed by atoms with E-state index in [0.717, 1.165) is 19.7 Å². The summed E-state index contributed by atoms with van der Waals surface area (Å²) in [5.41, 5.74) is 0. The minimum absolute atomic E-state index is 0.814. The lowest BCUT2D eigenvalue weighted by atomic mass is 10.5. The van der Waals surface area contributed by atoms with Gasteiger partial charge in [-0.15, -0.1) is 0 Å². The van der Waals surface area contributed by atoms with Crippen LogP contribution >= 0.6 is 39.2 Å². The van der Waals surface area contributed by atoms with Crippen molar-refractivity contribution in [3.8, 4) is 0 Å². The molecule has 0 aliphatic rings. The maximum absolute atomic E-state index is 4.25. The highest BCUT2D eigenvalue weighted by atomic mass is 79.9. The molecule has 2 rings (SSSR count). The first kappa shape index (κ1) is 10.1. The van der Waals surface area contributed by atoms with Crippen molar-refractivity contribution in [2.24, 2.45) is 0 Å². The molecule has 0 amide bonds. The van der Waals surface area contributed by atoms with Crippen LogP contribution in [-0.2, 0) is 0 Å². The predicted octanol–water partition coefficient (Wildman–Crippen LogP) is 3.16. The smallest absolute Gasteiger partial charge is 0.176 e. The number of pyridine rings is 1. The van der Waals surface area contributed by atoms with E-state index in [1.807, 2.05) is 19.1 Å². The van der Waals surface area contributed by atoms with Gasteiger partial charge in [0.25, 0.3) is 0 Å². The topological polar surface area (TPSA) is 38.7 Å². The lowest BCUT2D eigenvalue weighted by molar-refractivity contribution is 1.08. The Hall–Kier alpha value is -0.460. The summed E-state index contributed by atoms with van der Waals surface area (Å²) in [6.45, 7) is 1.88. The Morgan fingerprint density at radius 2 is 2.29 bits per heavy atom. The minimum atomic E-state index is 0.814. The van der Waals surface area contributed by atoms with Gasteiger partial charge < -0.3 is 0 Å². The predicted molar refractivity (Wildman–Crippen MR) is 60.7 cm³/mol. The summed E-state index contributed by atoms with van der Waals surface area (Å²) in [7, 11) is 0. The third kappa shape index (κ3) is 2.52. The minimum Gasteiger partial charge on any atom is -0.248 e. The molecule has 2 heterocycles. The van der Waals surface area contributed by atoms with Crippen molar-refractivity contribution in [1.82, 2.24) is 14.3 Å². The normalized spacial score (nSPS) is 10.4. The van der Waals surface area contributed by atoms with Gasteiger partial charge in [-0.25, -0.2) is 9.97 Å². The largest absolute Gasteiger partial charge is 0.248 e. The van der Waals surface area contributed by atoms with Crippen molar-refractivity contribution >= 4 is 39.2 Å². The fourth-order valence-electron chi connectivity index (χ4n) is 0.832. The summed E-state index contributed by atoms with van der Waals surface area (Å²) in [5, 5.41) is 0.935. The average Bonchev–Trinajstić information content (AvgIpc) is 2.56. The SMILES string of the molecule is Cc1nsc(Sc2ccc(Br)cn2)n1. The molecule has 2 aromatic rings. The molecule has 0 saturated heterocycles. The Bertz CT molecular complexity index is 426. The second-order valence-corrected chi connectivity index (χ2v) is 5.46. The summed E-state index contributed by atoms with van der Waals surface area (Å²) in [6, 6.07) is 3.91. The number of hydrogen-bond acceptors (Lipinski definition) is 5. The molecule has 0 aromatic carbocycles. The number of hydrogen-bond donors (Lipinski definition) is 0. The fraction of sp³-hybridized carbons (Fsp3) is 0.125. The van der Waals surface area contributed by atoms with Gasteiger partial charge in [0.15, 0.2) is 4.34 Å². The Balaban J connectivity index is 2.15. The van der Waals surface area contributed by atoms with Gasteiger partial charge in [-0.1, -0.05) is 0 Å². The number of rotatable bonds is 2. The molecule has 0 fully saturated rings. The van der Waals surface area contributed by atoms with Crippen LogP contribution in [0.2, 0.25) is 0 Å². The number of nitrogens with zero attached hydrogens (tertiary/aromatic N) is 3. The number of aromatic nitrogens is 3. The molecular formula is C8H6BrN3S2. The van der Waals surface area contributed by atoms with Crippen molar-refractivity contribution in [1.29, 1.82) is 0 Å². The number of halogens is 1. The zero-order valence-electron chi connectivity index (χ0n) is 7.27. The molecule has 0 atom stereocenters. The molecule has 0 aliphatic carbocycles. The van der Waals surface area contributed by atoms with E-state index in [9.17, 15) is 0 Å². The lowest BCUT2D eigenvalue weighted by Crippen LogP contribution is -1.78. The van der Waals surface area contributed by atoms with Crippen LogP contribution in [0.15, 0.2) is 32.2 Å². The highest BCUT2D eigenvalue weighted by Crippen LogP contribution is 2.27. The van der Waals surface area contributed by atoms with Gasteiger partial charge in [0.2, 0.25) is 0 Å². The monoisotopic (exact) mass is 287 g/mol. The molecule has 0 radical (unpaired) electrons. The van der Waals surface area contributed by atoms with Crippen molar-refractivity contribution < 1.29 is 0 Å². The van der Waals surface area contributed by atoms with Crippen molar-refractivity contribution in [3.63, 3.8) is 0 Å². The van der Waals surface area contributed by atoms with E-state index in [-0.39, 0.29) is 0 Å². The van der Waals surface area contributed by atoms with Gasteiger partial charge in [-0.05, 0) is 58.3 Å². The molecule has 0 saturated carbocycles. The van der Waals surface area contributed by atoms with Gasteiger partial charge in [0.05, 0.1) is 0 Å².